The Hall–Kier alpha value is -1.95. The molecule has 1 heterocycles. The van der Waals surface area contributed by atoms with Gasteiger partial charge in [0.25, 0.3) is 0 Å². The van der Waals surface area contributed by atoms with Crippen LogP contribution < -0.4 is 0 Å². The molecule has 0 N–H and O–H groups in total. The van der Waals surface area contributed by atoms with Gasteiger partial charge in [0.05, 0.1) is 0 Å². The molecular weight excluding hydrogens is 362 g/mol. The third-order valence-corrected chi connectivity index (χ3v) is 5.23. The van der Waals surface area contributed by atoms with Crippen LogP contribution in [0.25, 0.3) is 5.69 Å². The van der Waals surface area contributed by atoms with E-state index in [4.69, 9.17) is 28.6 Å². The molecule has 3 rings (SSSR count). The molecule has 0 bridgehead atoms. The third kappa shape index (κ3) is 3.59. The molecule has 2 aromatic carbocycles. The predicted octanol–water partition coefficient (Wildman–Crippen LogP) is 5.59. The highest BCUT2D eigenvalue weighted by molar-refractivity contribution is 7.73. The van der Waals surface area contributed by atoms with Crippen molar-refractivity contribution in [3.8, 4) is 5.69 Å². The normalized spacial score (nSPS) is 10.6. The standard InChI is InChI=1S/C18H14ClNO2S2/c1-12-16(17(21)22-11-13-5-3-2-4-6-13)24-18(23)20(12)15-9-7-14(19)8-10-15/h2-10H,11H2,1H3. The van der Waals surface area contributed by atoms with Crippen LogP contribution in [0.4, 0.5) is 0 Å². The van der Waals surface area contributed by atoms with Gasteiger partial charge in [-0.1, -0.05) is 53.3 Å². The summed E-state index contributed by atoms with van der Waals surface area (Å²) in [5.41, 5.74) is 2.59. The van der Waals surface area contributed by atoms with Crippen LogP contribution in [0, 0.1) is 10.9 Å². The second-order valence-electron chi connectivity index (χ2n) is 5.16. The number of thiazole rings is 1. The minimum absolute atomic E-state index is 0.241. The van der Waals surface area contributed by atoms with E-state index in [9.17, 15) is 4.79 Å². The molecular formula is C18H14ClNO2S2. The van der Waals surface area contributed by atoms with Crippen molar-refractivity contribution in [3.05, 3.63) is 79.7 Å². The van der Waals surface area contributed by atoms with Gasteiger partial charge in [0.15, 0.2) is 3.95 Å². The molecule has 0 amide bonds. The Balaban J connectivity index is 1.84. The van der Waals surface area contributed by atoms with Crippen LogP contribution in [0.1, 0.15) is 20.9 Å². The summed E-state index contributed by atoms with van der Waals surface area (Å²) in [5, 5.41) is 0.653. The van der Waals surface area contributed by atoms with Gasteiger partial charge in [0.1, 0.15) is 11.5 Å². The van der Waals surface area contributed by atoms with Gasteiger partial charge in [-0.25, -0.2) is 4.79 Å². The van der Waals surface area contributed by atoms with Crippen molar-refractivity contribution in [2.24, 2.45) is 0 Å². The lowest BCUT2D eigenvalue weighted by Crippen LogP contribution is -2.06. The van der Waals surface area contributed by atoms with Crippen molar-refractivity contribution in [1.82, 2.24) is 4.57 Å². The van der Waals surface area contributed by atoms with Crippen molar-refractivity contribution in [3.63, 3.8) is 0 Å². The summed E-state index contributed by atoms with van der Waals surface area (Å²) >= 11 is 12.6. The van der Waals surface area contributed by atoms with Crippen molar-refractivity contribution in [2.45, 2.75) is 13.5 Å². The van der Waals surface area contributed by atoms with Crippen molar-refractivity contribution in [1.29, 1.82) is 0 Å². The van der Waals surface area contributed by atoms with Gasteiger partial charge in [-0.05, 0) is 49.0 Å². The molecule has 0 saturated carbocycles. The Labute approximate surface area is 154 Å². The van der Waals surface area contributed by atoms with E-state index in [0.717, 1.165) is 16.9 Å². The molecule has 3 nitrogen and oxygen atoms in total. The fraction of sp³-hybridized carbons (Fsp3) is 0.111. The molecule has 0 aliphatic carbocycles. The number of hydrogen-bond donors (Lipinski definition) is 0. The molecule has 3 aromatic rings. The summed E-state index contributed by atoms with van der Waals surface area (Å²) < 4.78 is 7.86. The van der Waals surface area contributed by atoms with Crippen LogP contribution in [0.3, 0.4) is 0 Å². The summed E-state index contributed by atoms with van der Waals surface area (Å²) in [5.74, 6) is -0.361. The molecule has 122 valence electrons. The number of ether oxygens (including phenoxy) is 1. The molecule has 6 heteroatoms. The number of aromatic nitrogens is 1. The number of halogens is 1. The topological polar surface area (TPSA) is 31.2 Å². The van der Waals surface area contributed by atoms with Crippen LogP contribution in [-0.4, -0.2) is 10.5 Å². The SMILES string of the molecule is Cc1c(C(=O)OCc2ccccc2)sc(=S)n1-c1ccc(Cl)cc1. The maximum absolute atomic E-state index is 12.4. The highest BCUT2D eigenvalue weighted by Gasteiger charge is 2.18. The summed E-state index contributed by atoms with van der Waals surface area (Å²) in [6, 6.07) is 16.9. The van der Waals surface area contributed by atoms with Crippen LogP contribution >= 0.6 is 35.2 Å². The zero-order valence-electron chi connectivity index (χ0n) is 12.9. The van der Waals surface area contributed by atoms with Gasteiger partial charge >= 0.3 is 5.97 Å². The van der Waals surface area contributed by atoms with Gasteiger partial charge in [-0.15, -0.1) is 0 Å². The average Bonchev–Trinajstić information content (AvgIpc) is 2.89. The van der Waals surface area contributed by atoms with Crippen molar-refractivity contribution in [2.75, 3.05) is 0 Å². The van der Waals surface area contributed by atoms with E-state index in [1.807, 2.05) is 54.0 Å². The summed E-state index contributed by atoms with van der Waals surface area (Å²) in [4.78, 5) is 12.9. The first kappa shape index (κ1) is 16.9. The highest BCUT2D eigenvalue weighted by atomic mass is 35.5. The molecule has 0 atom stereocenters. The van der Waals surface area contributed by atoms with Crippen molar-refractivity contribution >= 4 is 41.1 Å². The molecule has 0 aliphatic rings. The zero-order valence-corrected chi connectivity index (χ0v) is 15.3. The van der Waals surface area contributed by atoms with E-state index in [2.05, 4.69) is 0 Å². The first-order chi connectivity index (χ1) is 11.6. The second kappa shape index (κ2) is 7.30. The number of nitrogens with zero attached hydrogens (tertiary/aromatic N) is 1. The number of carbonyl (C=O) groups excluding carboxylic acids is 1. The van der Waals surface area contributed by atoms with Crippen LogP contribution in [0.2, 0.25) is 5.02 Å². The molecule has 0 radical (unpaired) electrons. The molecule has 0 spiro atoms. The van der Waals surface area contributed by atoms with E-state index < -0.39 is 0 Å². The Morgan fingerprint density at radius 2 is 1.83 bits per heavy atom. The van der Waals surface area contributed by atoms with Gasteiger partial charge in [0.2, 0.25) is 0 Å². The maximum Gasteiger partial charge on any atom is 0.350 e. The molecule has 0 saturated heterocycles. The summed E-state index contributed by atoms with van der Waals surface area (Å²) in [6.45, 7) is 2.10. The van der Waals surface area contributed by atoms with E-state index in [1.165, 1.54) is 11.3 Å². The summed E-state index contributed by atoms with van der Waals surface area (Å²) in [6.07, 6.45) is 0. The Morgan fingerprint density at radius 1 is 1.17 bits per heavy atom. The lowest BCUT2D eigenvalue weighted by Gasteiger charge is -2.07. The minimum atomic E-state index is -0.361. The number of carbonyl (C=O) groups is 1. The molecule has 0 aliphatic heterocycles. The first-order valence-electron chi connectivity index (χ1n) is 7.25. The largest absolute Gasteiger partial charge is 0.457 e. The number of benzene rings is 2. The molecule has 0 fully saturated rings. The predicted molar refractivity (Wildman–Crippen MR) is 99.8 cm³/mol. The van der Waals surface area contributed by atoms with Gasteiger partial charge in [0, 0.05) is 16.4 Å². The lowest BCUT2D eigenvalue weighted by molar-refractivity contribution is 0.0477. The van der Waals surface area contributed by atoms with E-state index in [-0.39, 0.29) is 12.6 Å². The highest BCUT2D eigenvalue weighted by Crippen LogP contribution is 2.25. The van der Waals surface area contributed by atoms with Gasteiger partial charge in [-0.3, -0.25) is 4.57 Å². The smallest absolute Gasteiger partial charge is 0.350 e. The van der Waals surface area contributed by atoms with E-state index in [1.54, 1.807) is 12.1 Å². The average molecular weight is 376 g/mol. The van der Waals surface area contributed by atoms with Crippen LogP contribution in [0.15, 0.2) is 54.6 Å². The first-order valence-corrected chi connectivity index (χ1v) is 8.86. The molecule has 1 aromatic heterocycles. The molecule has 0 unspecified atom stereocenters. The minimum Gasteiger partial charge on any atom is -0.457 e. The van der Waals surface area contributed by atoms with Crippen molar-refractivity contribution < 1.29 is 9.53 Å². The fourth-order valence-corrected chi connectivity index (χ4v) is 3.82. The molecule has 24 heavy (non-hydrogen) atoms. The van der Waals surface area contributed by atoms with E-state index >= 15 is 0 Å². The lowest BCUT2D eigenvalue weighted by atomic mass is 10.2. The third-order valence-electron chi connectivity index (χ3n) is 3.52. The Morgan fingerprint density at radius 3 is 2.50 bits per heavy atom. The van der Waals surface area contributed by atoms with Gasteiger partial charge in [-0.2, -0.15) is 0 Å². The quantitative estimate of drug-likeness (QED) is 0.440. The van der Waals surface area contributed by atoms with E-state index in [0.29, 0.717) is 13.9 Å². The van der Waals surface area contributed by atoms with Gasteiger partial charge < -0.3 is 4.74 Å². The number of esters is 1. The Bertz CT molecular complexity index is 914. The summed E-state index contributed by atoms with van der Waals surface area (Å²) in [7, 11) is 0. The fourth-order valence-electron chi connectivity index (χ4n) is 2.31. The monoisotopic (exact) mass is 375 g/mol. The second-order valence-corrected chi connectivity index (χ2v) is 7.24. The Kier molecular flexibility index (Phi) is 5.14. The zero-order chi connectivity index (χ0) is 17.1. The van der Waals surface area contributed by atoms with Crippen LogP contribution in [-0.2, 0) is 11.3 Å². The number of hydrogen-bond acceptors (Lipinski definition) is 4. The number of rotatable bonds is 4. The van der Waals surface area contributed by atoms with Crippen LogP contribution in [0.5, 0.6) is 0 Å². The maximum atomic E-state index is 12.4.